The molecular formula is C21H20N4O. The molecule has 26 heavy (non-hydrogen) atoms. The largest absolute Gasteiger partial charge is 0.349 e. The molecule has 1 aromatic heterocycles. The van der Waals surface area contributed by atoms with E-state index in [9.17, 15) is 4.79 Å². The number of nitrogens with one attached hydrogen (secondary N) is 2. The highest BCUT2D eigenvalue weighted by Gasteiger charge is 2.23. The first-order valence-electron chi connectivity index (χ1n) is 8.74. The van der Waals surface area contributed by atoms with Gasteiger partial charge in [0.1, 0.15) is 0 Å². The molecule has 0 spiro atoms. The van der Waals surface area contributed by atoms with Crippen LogP contribution in [0.15, 0.2) is 60.9 Å². The van der Waals surface area contributed by atoms with Crippen LogP contribution in [0.3, 0.4) is 0 Å². The van der Waals surface area contributed by atoms with Gasteiger partial charge in [0, 0.05) is 35.2 Å². The van der Waals surface area contributed by atoms with Gasteiger partial charge in [0.15, 0.2) is 0 Å². The normalized spacial score (nSPS) is 13.3. The molecule has 1 amide bonds. The molecule has 0 saturated heterocycles. The third kappa shape index (κ3) is 3.88. The summed E-state index contributed by atoms with van der Waals surface area (Å²) in [6.07, 6.45) is 5.75. The van der Waals surface area contributed by atoms with E-state index in [4.69, 9.17) is 0 Å². The van der Waals surface area contributed by atoms with Crippen molar-refractivity contribution in [2.75, 3.05) is 5.32 Å². The van der Waals surface area contributed by atoms with Gasteiger partial charge in [0.25, 0.3) is 5.91 Å². The first-order chi connectivity index (χ1) is 12.7. The minimum absolute atomic E-state index is 0.0353. The van der Waals surface area contributed by atoms with Crippen LogP contribution in [-0.4, -0.2) is 21.9 Å². The lowest BCUT2D eigenvalue weighted by atomic mass is 10.1. The molecule has 0 radical (unpaired) electrons. The molecule has 2 N–H and O–H groups in total. The maximum atomic E-state index is 12.2. The minimum atomic E-state index is -0.0353. The second-order valence-corrected chi connectivity index (χ2v) is 6.62. The van der Waals surface area contributed by atoms with Gasteiger partial charge < -0.3 is 10.6 Å². The van der Waals surface area contributed by atoms with Crippen LogP contribution in [0.25, 0.3) is 11.1 Å². The third-order valence-corrected chi connectivity index (χ3v) is 4.30. The predicted molar refractivity (Wildman–Crippen MR) is 102 cm³/mol. The van der Waals surface area contributed by atoms with E-state index in [0.717, 1.165) is 29.7 Å². The molecule has 4 rings (SSSR count). The summed E-state index contributed by atoms with van der Waals surface area (Å²) in [6, 6.07) is 15.9. The Labute approximate surface area is 152 Å². The van der Waals surface area contributed by atoms with Crippen molar-refractivity contribution in [3.05, 3.63) is 72.1 Å². The number of hydrogen-bond donors (Lipinski definition) is 2. The van der Waals surface area contributed by atoms with Gasteiger partial charge in [-0.15, -0.1) is 0 Å². The highest BCUT2D eigenvalue weighted by Crippen LogP contribution is 2.22. The number of anilines is 2. The molecule has 5 nitrogen and oxygen atoms in total. The Morgan fingerprint density at radius 3 is 2.50 bits per heavy atom. The van der Waals surface area contributed by atoms with Crippen molar-refractivity contribution < 1.29 is 4.79 Å². The van der Waals surface area contributed by atoms with Crippen molar-refractivity contribution in [3.8, 4) is 11.1 Å². The molecule has 1 fully saturated rings. The average molecular weight is 344 g/mol. The van der Waals surface area contributed by atoms with E-state index in [2.05, 4.69) is 39.7 Å². The van der Waals surface area contributed by atoms with E-state index in [1.807, 2.05) is 36.4 Å². The van der Waals surface area contributed by atoms with Gasteiger partial charge in [0.05, 0.1) is 0 Å². The first kappa shape index (κ1) is 16.3. The van der Waals surface area contributed by atoms with E-state index in [1.165, 1.54) is 5.56 Å². The maximum absolute atomic E-state index is 12.2. The van der Waals surface area contributed by atoms with Crippen LogP contribution in [0.1, 0.15) is 28.8 Å². The summed E-state index contributed by atoms with van der Waals surface area (Å²) >= 11 is 0. The van der Waals surface area contributed by atoms with Crippen LogP contribution in [-0.2, 0) is 0 Å². The Balaban J connectivity index is 1.48. The lowest BCUT2D eigenvalue weighted by molar-refractivity contribution is 0.0951. The maximum Gasteiger partial charge on any atom is 0.251 e. The smallest absolute Gasteiger partial charge is 0.251 e. The fourth-order valence-electron chi connectivity index (χ4n) is 2.73. The fraction of sp³-hybridized carbons (Fsp3) is 0.190. The van der Waals surface area contributed by atoms with Gasteiger partial charge in [0.2, 0.25) is 5.95 Å². The first-order valence-corrected chi connectivity index (χ1v) is 8.74. The van der Waals surface area contributed by atoms with Crippen molar-refractivity contribution in [1.29, 1.82) is 0 Å². The zero-order valence-electron chi connectivity index (χ0n) is 14.6. The Hall–Kier alpha value is -3.21. The van der Waals surface area contributed by atoms with Gasteiger partial charge in [-0.3, -0.25) is 4.79 Å². The second-order valence-electron chi connectivity index (χ2n) is 6.62. The highest BCUT2D eigenvalue weighted by molar-refractivity contribution is 5.95. The molecule has 0 unspecified atom stereocenters. The van der Waals surface area contributed by atoms with E-state index >= 15 is 0 Å². The number of hydrogen-bond acceptors (Lipinski definition) is 4. The van der Waals surface area contributed by atoms with Crippen LogP contribution < -0.4 is 10.6 Å². The summed E-state index contributed by atoms with van der Waals surface area (Å²) in [4.78, 5) is 20.9. The van der Waals surface area contributed by atoms with E-state index in [-0.39, 0.29) is 5.91 Å². The topological polar surface area (TPSA) is 66.9 Å². The molecule has 1 aliphatic carbocycles. The zero-order chi connectivity index (χ0) is 17.9. The summed E-state index contributed by atoms with van der Waals surface area (Å²) in [5.74, 6) is 0.466. The van der Waals surface area contributed by atoms with Crippen molar-refractivity contribution in [3.63, 3.8) is 0 Å². The molecule has 0 aliphatic heterocycles. The lowest BCUT2D eigenvalue weighted by Gasteiger charge is -2.08. The summed E-state index contributed by atoms with van der Waals surface area (Å²) < 4.78 is 0. The summed E-state index contributed by atoms with van der Waals surface area (Å²) in [6.45, 7) is 2.06. The van der Waals surface area contributed by atoms with E-state index in [1.54, 1.807) is 12.4 Å². The molecule has 3 aromatic rings. The number of benzene rings is 2. The quantitative estimate of drug-likeness (QED) is 0.732. The molecule has 0 atom stereocenters. The third-order valence-electron chi connectivity index (χ3n) is 4.30. The Bertz CT molecular complexity index is 933. The van der Waals surface area contributed by atoms with Gasteiger partial charge in [-0.1, -0.05) is 35.9 Å². The monoisotopic (exact) mass is 344 g/mol. The zero-order valence-corrected chi connectivity index (χ0v) is 14.6. The van der Waals surface area contributed by atoms with Crippen LogP contribution in [0.2, 0.25) is 0 Å². The number of amides is 1. The fourth-order valence-corrected chi connectivity index (χ4v) is 2.73. The highest BCUT2D eigenvalue weighted by atomic mass is 16.1. The van der Waals surface area contributed by atoms with Crippen LogP contribution in [0, 0.1) is 6.92 Å². The minimum Gasteiger partial charge on any atom is -0.349 e. The molecule has 1 heterocycles. The Morgan fingerprint density at radius 2 is 1.77 bits per heavy atom. The number of carbonyl (C=O) groups is 1. The van der Waals surface area contributed by atoms with Crippen LogP contribution in [0.5, 0.6) is 0 Å². The van der Waals surface area contributed by atoms with E-state index in [0.29, 0.717) is 17.6 Å². The average Bonchev–Trinajstić information content (AvgIpc) is 3.47. The SMILES string of the molecule is Cc1cccc(-c2cnc(Nc3cccc(C(=O)NC4CC4)c3)nc2)c1. The summed E-state index contributed by atoms with van der Waals surface area (Å²) in [5, 5.41) is 6.15. The van der Waals surface area contributed by atoms with Crippen molar-refractivity contribution in [2.24, 2.45) is 0 Å². The van der Waals surface area contributed by atoms with Gasteiger partial charge >= 0.3 is 0 Å². The Morgan fingerprint density at radius 1 is 1.00 bits per heavy atom. The molecule has 1 saturated carbocycles. The number of aromatic nitrogens is 2. The molecular weight excluding hydrogens is 324 g/mol. The molecule has 0 bridgehead atoms. The lowest BCUT2D eigenvalue weighted by Crippen LogP contribution is -2.25. The number of carbonyl (C=O) groups excluding carboxylic acids is 1. The molecule has 1 aliphatic rings. The Kier molecular flexibility index (Phi) is 4.35. The van der Waals surface area contributed by atoms with Crippen molar-refractivity contribution in [1.82, 2.24) is 15.3 Å². The number of nitrogens with zero attached hydrogens (tertiary/aromatic N) is 2. The standard InChI is InChI=1S/C21H20N4O/c1-14-4-2-5-15(10-14)17-12-22-21(23-13-17)25-19-7-3-6-16(11-19)20(26)24-18-8-9-18/h2-7,10-13,18H,8-9H2,1H3,(H,24,26)(H,22,23,25). The van der Waals surface area contributed by atoms with Crippen LogP contribution >= 0.6 is 0 Å². The molecule has 5 heteroatoms. The van der Waals surface area contributed by atoms with E-state index < -0.39 is 0 Å². The molecule has 130 valence electrons. The van der Waals surface area contributed by atoms with Gasteiger partial charge in [-0.05, 0) is 43.5 Å². The number of aryl methyl sites for hydroxylation is 1. The predicted octanol–water partition coefficient (Wildman–Crippen LogP) is 4.09. The van der Waals surface area contributed by atoms with Crippen molar-refractivity contribution >= 4 is 17.5 Å². The summed E-state index contributed by atoms with van der Waals surface area (Å²) in [5.41, 5.74) is 4.69. The van der Waals surface area contributed by atoms with Crippen LogP contribution in [0.4, 0.5) is 11.6 Å². The van der Waals surface area contributed by atoms with Crippen molar-refractivity contribution in [2.45, 2.75) is 25.8 Å². The van der Waals surface area contributed by atoms with Gasteiger partial charge in [-0.2, -0.15) is 0 Å². The number of rotatable bonds is 5. The molecule has 2 aromatic carbocycles. The summed E-state index contributed by atoms with van der Waals surface area (Å²) in [7, 11) is 0. The van der Waals surface area contributed by atoms with Gasteiger partial charge in [-0.25, -0.2) is 9.97 Å². The second kappa shape index (κ2) is 6.96.